The van der Waals surface area contributed by atoms with Gasteiger partial charge in [0.15, 0.2) is 0 Å². The summed E-state index contributed by atoms with van der Waals surface area (Å²) in [6, 6.07) is 9.05. The van der Waals surface area contributed by atoms with Gasteiger partial charge in [-0.2, -0.15) is 0 Å². The lowest BCUT2D eigenvalue weighted by atomic mass is 10.2. The predicted octanol–water partition coefficient (Wildman–Crippen LogP) is 2.43. The third kappa shape index (κ3) is 6.58. The molecule has 1 rings (SSSR count). The van der Waals surface area contributed by atoms with Crippen molar-refractivity contribution < 1.29 is 28.9 Å². The summed E-state index contributed by atoms with van der Waals surface area (Å²) in [6.07, 6.45) is -3.68. The average Bonchev–Trinajstić information content (AvgIpc) is 2.41. The van der Waals surface area contributed by atoms with E-state index < -0.39 is 29.9 Å². The number of rotatable bonds is 5. The van der Waals surface area contributed by atoms with Crippen LogP contribution in [0.4, 0.5) is 4.79 Å². The quantitative estimate of drug-likeness (QED) is 0.841. The Kier molecular flexibility index (Phi) is 6.37. The van der Waals surface area contributed by atoms with Crippen molar-refractivity contribution in [3.63, 3.8) is 0 Å². The van der Waals surface area contributed by atoms with Gasteiger partial charge < -0.3 is 19.3 Å². The number of hydrogen-bond acceptors (Lipinski definition) is 6. The summed E-state index contributed by atoms with van der Waals surface area (Å²) in [7, 11) is 0. The molecule has 1 N–H and O–H groups in total. The lowest BCUT2D eigenvalue weighted by molar-refractivity contribution is -0.163. The van der Waals surface area contributed by atoms with E-state index in [1.54, 1.807) is 32.9 Å². The van der Waals surface area contributed by atoms with Gasteiger partial charge in [-0.05, 0) is 33.3 Å². The highest BCUT2D eigenvalue weighted by Gasteiger charge is 2.31. The third-order valence-electron chi connectivity index (χ3n) is 2.51. The lowest BCUT2D eigenvalue weighted by Crippen LogP contribution is -2.39. The molecule has 0 aliphatic heterocycles. The number of benzene rings is 1. The Labute approximate surface area is 130 Å². The number of esters is 1. The topological polar surface area (TPSA) is 82.1 Å². The highest BCUT2D eigenvalue weighted by Crippen LogP contribution is 2.12. The monoisotopic (exact) mass is 310 g/mol. The summed E-state index contributed by atoms with van der Waals surface area (Å²) in [4.78, 5) is 23.5. The van der Waals surface area contributed by atoms with Gasteiger partial charge in [0, 0.05) is 0 Å². The van der Waals surface area contributed by atoms with Crippen LogP contribution in [0.2, 0.25) is 0 Å². The summed E-state index contributed by atoms with van der Waals surface area (Å²) in [6.45, 7) is 6.36. The highest BCUT2D eigenvalue weighted by molar-refractivity contribution is 5.78. The molecule has 122 valence electrons. The standard InChI is InChI=1S/C16H22O6/c1-11(17)13(21-15(19)22-16(2,3)4)14(18)20-10-12-8-6-5-7-9-12/h5-9,11,13,17H,10H2,1-4H3. The molecule has 0 aliphatic carbocycles. The normalized spacial score (nSPS) is 13.9. The minimum Gasteiger partial charge on any atom is -0.458 e. The van der Waals surface area contributed by atoms with Gasteiger partial charge in [0.1, 0.15) is 12.2 Å². The predicted molar refractivity (Wildman–Crippen MR) is 79.0 cm³/mol. The summed E-state index contributed by atoms with van der Waals surface area (Å²) in [5.74, 6) is -0.829. The van der Waals surface area contributed by atoms with Gasteiger partial charge in [0.2, 0.25) is 6.10 Å². The van der Waals surface area contributed by atoms with Crippen molar-refractivity contribution in [3.05, 3.63) is 35.9 Å². The number of ether oxygens (including phenoxy) is 3. The molecular weight excluding hydrogens is 288 g/mol. The van der Waals surface area contributed by atoms with E-state index in [2.05, 4.69) is 0 Å². The van der Waals surface area contributed by atoms with Crippen LogP contribution >= 0.6 is 0 Å². The van der Waals surface area contributed by atoms with Crippen LogP contribution in [0.25, 0.3) is 0 Å². The molecule has 0 aromatic heterocycles. The fourth-order valence-electron chi connectivity index (χ4n) is 1.53. The molecule has 0 amide bonds. The Morgan fingerprint density at radius 1 is 1.18 bits per heavy atom. The molecule has 0 saturated carbocycles. The molecule has 22 heavy (non-hydrogen) atoms. The lowest BCUT2D eigenvalue weighted by Gasteiger charge is -2.23. The first kappa shape index (κ1) is 18.0. The van der Waals surface area contributed by atoms with Crippen molar-refractivity contribution >= 4 is 12.1 Å². The van der Waals surface area contributed by atoms with Crippen LogP contribution in [0.3, 0.4) is 0 Å². The van der Waals surface area contributed by atoms with Crippen molar-refractivity contribution in [2.45, 2.75) is 52.1 Å². The molecule has 0 heterocycles. The molecule has 0 spiro atoms. The van der Waals surface area contributed by atoms with Crippen LogP contribution in [0.1, 0.15) is 33.3 Å². The van der Waals surface area contributed by atoms with Crippen molar-refractivity contribution in [1.82, 2.24) is 0 Å². The van der Waals surface area contributed by atoms with Crippen molar-refractivity contribution in [2.24, 2.45) is 0 Å². The molecule has 0 fully saturated rings. The molecule has 0 bridgehead atoms. The van der Waals surface area contributed by atoms with E-state index in [4.69, 9.17) is 14.2 Å². The Balaban J connectivity index is 2.58. The Bertz CT molecular complexity index is 489. The number of hydrogen-bond donors (Lipinski definition) is 1. The van der Waals surface area contributed by atoms with Crippen molar-refractivity contribution in [3.8, 4) is 0 Å². The first-order valence-corrected chi connectivity index (χ1v) is 6.97. The zero-order valence-corrected chi connectivity index (χ0v) is 13.2. The zero-order chi connectivity index (χ0) is 16.8. The number of aliphatic hydroxyl groups excluding tert-OH is 1. The molecule has 1 aromatic carbocycles. The Morgan fingerprint density at radius 2 is 1.77 bits per heavy atom. The van der Waals surface area contributed by atoms with E-state index in [1.165, 1.54) is 6.92 Å². The number of carbonyl (C=O) groups is 2. The SMILES string of the molecule is CC(O)C(OC(=O)OC(C)(C)C)C(=O)OCc1ccccc1. The van der Waals surface area contributed by atoms with E-state index >= 15 is 0 Å². The first-order chi connectivity index (χ1) is 10.2. The second-order valence-corrected chi connectivity index (χ2v) is 5.84. The fourth-order valence-corrected chi connectivity index (χ4v) is 1.53. The van der Waals surface area contributed by atoms with Crippen LogP contribution in [-0.4, -0.2) is 35.0 Å². The molecule has 0 aliphatic rings. The molecule has 0 radical (unpaired) electrons. The van der Waals surface area contributed by atoms with Crippen molar-refractivity contribution in [1.29, 1.82) is 0 Å². The van der Waals surface area contributed by atoms with Gasteiger partial charge in [0.25, 0.3) is 0 Å². The highest BCUT2D eigenvalue weighted by atomic mass is 16.7. The molecule has 1 aromatic rings. The van der Waals surface area contributed by atoms with Crippen LogP contribution in [0.5, 0.6) is 0 Å². The minimum atomic E-state index is -1.43. The Morgan fingerprint density at radius 3 is 2.27 bits per heavy atom. The molecule has 6 heteroatoms. The maximum Gasteiger partial charge on any atom is 0.509 e. The van der Waals surface area contributed by atoms with Gasteiger partial charge >= 0.3 is 12.1 Å². The summed E-state index contributed by atoms with van der Waals surface area (Å²) < 4.78 is 14.9. The third-order valence-corrected chi connectivity index (χ3v) is 2.51. The van der Waals surface area contributed by atoms with Gasteiger partial charge in [0.05, 0.1) is 6.10 Å². The van der Waals surface area contributed by atoms with Gasteiger partial charge in [-0.3, -0.25) is 0 Å². The molecule has 2 unspecified atom stereocenters. The molecule has 2 atom stereocenters. The number of aliphatic hydroxyl groups is 1. The van der Waals surface area contributed by atoms with Crippen LogP contribution < -0.4 is 0 Å². The van der Waals surface area contributed by atoms with Crippen LogP contribution in [-0.2, 0) is 25.6 Å². The maximum absolute atomic E-state index is 11.9. The van der Waals surface area contributed by atoms with E-state index in [0.717, 1.165) is 5.56 Å². The molecular formula is C16H22O6. The zero-order valence-electron chi connectivity index (χ0n) is 13.2. The second kappa shape index (κ2) is 7.79. The second-order valence-electron chi connectivity index (χ2n) is 5.84. The van der Waals surface area contributed by atoms with E-state index in [0.29, 0.717) is 0 Å². The smallest absolute Gasteiger partial charge is 0.458 e. The Hall–Kier alpha value is -2.08. The van der Waals surface area contributed by atoms with Crippen LogP contribution in [0.15, 0.2) is 30.3 Å². The molecule has 0 saturated heterocycles. The fraction of sp³-hybridized carbons (Fsp3) is 0.500. The molecule has 6 nitrogen and oxygen atoms in total. The summed E-state index contributed by atoms with van der Waals surface area (Å²) in [5, 5.41) is 9.59. The number of carbonyl (C=O) groups excluding carboxylic acids is 2. The van der Waals surface area contributed by atoms with Gasteiger partial charge in [-0.15, -0.1) is 0 Å². The average molecular weight is 310 g/mol. The van der Waals surface area contributed by atoms with E-state index in [-0.39, 0.29) is 6.61 Å². The van der Waals surface area contributed by atoms with Gasteiger partial charge in [-0.1, -0.05) is 30.3 Å². The van der Waals surface area contributed by atoms with Crippen molar-refractivity contribution in [2.75, 3.05) is 0 Å². The van der Waals surface area contributed by atoms with E-state index in [1.807, 2.05) is 18.2 Å². The first-order valence-electron chi connectivity index (χ1n) is 6.97. The summed E-state index contributed by atoms with van der Waals surface area (Å²) >= 11 is 0. The van der Waals surface area contributed by atoms with E-state index in [9.17, 15) is 14.7 Å². The maximum atomic E-state index is 11.9. The summed E-state index contributed by atoms with van der Waals surface area (Å²) in [5.41, 5.74) is 0.0336. The largest absolute Gasteiger partial charge is 0.509 e. The van der Waals surface area contributed by atoms with Gasteiger partial charge in [-0.25, -0.2) is 9.59 Å². The minimum absolute atomic E-state index is 0.0283. The van der Waals surface area contributed by atoms with Crippen LogP contribution in [0, 0.1) is 0 Å².